The molecule has 0 saturated heterocycles. The van der Waals surface area contributed by atoms with Crippen LogP contribution in [0.15, 0.2) is 58.2 Å². The van der Waals surface area contributed by atoms with Crippen molar-refractivity contribution in [2.75, 3.05) is 11.1 Å². The van der Waals surface area contributed by atoms with Crippen molar-refractivity contribution in [3.63, 3.8) is 0 Å². The molecule has 0 fully saturated rings. The number of halogens is 2. The van der Waals surface area contributed by atoms with Gasteiger partial charge >= 0.3 is 0 Å². The fourth-order valence-electron chi connectivity index (χ4n) is 2.56. The number of thioether (sulfide) groups is 1. The summed E-state index contributed by atoms with van der Waals surface area (Å²) in [5.74, 6) is -1.03. The van der Waals surface area contributed by atoms with Gasteiger partial charge in [-0.15, -0.1) is 10.2 Å². The Morgan fingerprint density at radius 1 is 1.17 bits per heavy atom. The third kappa shape index (κ3) is 4.20. The highest BCUT2D eigenvalue weighted by Crippen LogP contribution is 2.24. The van der Waals surface area contributed by atoms with Crippen LogP contribution in [0.3, 0.4) is 0 Å². The van der Waals surface area contributed by atoms with Gasteiger partial charge in [-0.25, -0.2) is 8.78 Å². The number of carbonyl (C=O) groups excluding carboxylic acids is 1. The molecule has 0 atom stereocenters. The summed E-state index contributed by atoms with van der Waals surface area (Å²) in [4.78, 5) is 16.4. The third-order valence-electron chi connectivity index (χ3n) is 4.02. The normalized spacial score (nSPS) is 10.9. The molecule has 0 spiro atoms. The molecular weight excluding hydrogens is 414 g/mol. The first-order valence-electron chi connectivity index (χ1n) is 8.68. The van der Waals surface area contributed by atoms with E-state index in [4.69, 9.17) is 4.52 Å². The van der Waals surface area contributed by atoms with E-state index in [0.717, 1.165) is 35.5 Å². The number of hydrogen-bond donors (Lipinski definition) is 1. The standard InChI is InChI=1S/C19H14F2N6O2S/c1-27-17(18-23-16(26-29-18)11-5-3-2-4-6-11)24-25-19(27)30-10-15(28)22-14-9-12(20)7-8-13(14)21/h2-9H,10H2,1H3,(H,22,28). The molecule has 2 aromatic heterocycles. The van der Waals surface area contributed by atoms with Crippen LogP contribution in [0.4, 0.5) is 14.5 Å². The number of nitrogens with zero attached hydrogens (tertiary/aromatic N) is 5. The lowest BCUT2D eigenvalue weighted by atomic mass is 10.2. The molecule has 11 heteroatoms. The maximum atomic E-state index is 13.6. The Labute approximate surface area is 173 Å². The minimum atomic E-state index is -0.721. The molecule has 1 amide bonds. The second-order valence-electron chi connectivity index (χ2n) is 6.12. The van der Waals surface area contributed by atoms with Crippen LogP contribution in [-0.4, -0.2) is 36.6 Å². The SMILES string of the molecule is Cn1c(SCC(=O)Nc2cc(F)ccc2F)nnc1-c1nc(-c2ccccc2)no1. The summed E-state index contributed by atoms with van der Waals surface area (Å²) in [5.41, 5.74) is 0.573. The van der Waals surface area contributed by atoms with E-state index < -0.39 is 17.5 Å². The second kappa shape index (κ2) is 8.41. The van der Waals surface area contributed by atoms with Crippen LogP contribution >= 0.6 is 11.8 Å². The van der Waals surface area contributed by atoms with Gasteiger partial charge in [-0.1, -0.05) is 47.3 Å². The fourth-order valence-corrected chi connectivity index (χ4v) is 3.27. The highest BCUT2D eigenvalue weighted by molar-refractivity contribution is 7.99. The molecule has 4 aromatic rings. The van der Waals surface area contributed by atoms with Gasteiger partial charge in [0, 0.05) is 18.7 Å². The Morgan fingerprint density at radius 3 is 2.77 bits per heavy atom. The number of rotatable bonds is 6. The fraction of sp³-hybridized carbons (Fsp3) is 0.105. The van der Waals surface area contributed by atoms with E-state index in [9.17, 15) is 13.6 Å². The molecular formula is C19H14F2N6O2S. The average molecular weight is 428 g/mol. The van der Waals surface area contributed by atoms with Crippen LogP contribution in [0, 0.1) is 11.6 Å². The zero-order valence-corrected chi connectivity index (χ0v) is 16.4. The number of anilines is 1. The van der Waals surface area contributed by atoms with E-state index in [1.54, 1.807) is 11.6 Å². The van der Waals surface area contributed by atoms with Gasteiger partial charge in [-0.3, -0.25) is 4.79 Å². The van der Waals surface area contributed by atoms with Gasteiger partial charge in [0.25, 0.3) is 5.89 Å². The van der Waals surface area contributed by atoms with Crippen molar-refractivity contribution in [2.45, 2.75) is 5.16 Å². The van der Waals surface area contributed by atoms with E-state index in [1.165, 1.54) is 0 Å². The molecule has 0 saturated carbocycles. The van der Waals surface area contributed by atoms with Gasteiger partial charge in [0.15, 0.2) is 5.16 Å². The smallest absolute Gasteiger partial charge is 0.296 e. The van der Waals surface area contributed by atoms with E-state index in [0.29, 0.717) is 16.8 Å². The minimum Gasteiger partial charge on any atom is -0.330 e. The van der Waals surface area contributed by atoms with Crippen LogP contribution in [0.1, 0.15) is 0 Å². The number of benzene rings is 2. The molecule has 152 valence electrons. The number of nitrogens with one attached hydrogen (secondary N) is 1. The molecule has 2 heterocycles. The molecule has 0 bridgehead atoms. The summed E-state index contributed by atoms with van der Waals surface area (Å²) in [6, 6.07) is 12.2. The number of carbonyl (C=O) groups is 1. The van der Waals surface area contributed by atoms with Gasteiger partial charge < -0.3 is 14.4 Å². The molecule has 2 aromatic carbocycles. The summed E-state index contributed by atoms with van der Waals surface area (Å²) in [6.07, 6.45) is 0. The number of aromatic nitrogens is 5. The number of hydrogen-bond acceptors (Lipinski definition) is 7. The van der Waals surface area contributed by atoms with Crippen molar-refractivity contribution >= 4 is 23.4 Å². The first kappa shape index (κ1) is 19.7. The summed E-state index contributed by atoms with van der Waals surface area (Å²) >= 11 is 1.07. The van der Waals surface area contributed by atoms with Gasteiger partial charge in [0.1, 0.15) is 11.6 Å². The van der Waals surface area contributed by atoms with Crippen LogP contribution in [0.25, 0.3) is 23.1 Å². The van der Waals surface area contributed by atoms with E-state index in [-0.39, 0.29) is 17.3 Å². The minimum absolute atomic E-state index is 0.0823. The lowest BCUT2D eigenvalue weighted by Gasteiger charge is -2.06. The van der Waals surface area contributed by atoms with Crippen LogP contribution in [0.5, 0.6) is 0 Å². The van der Waals surface area contributed by atoms with Crippen molar-refractivity contribution < 1.29 is 18.1 Å². The Balaban J connectivity index is 1.43. The van der Waals surface area contributed by atoms with Crippen LogP contribution in [0.2, 0.25) is 0 Å². The first-order valence-corrected chi connectivity index (χ1v) is 9.66. The second-order valence-corrected chi connectivity index (χ2v) is 7.06. The van der Waals surface area contributed by atoms with Gasteiger partial charge in [-0.05, 0) is 12.1 Å². The molecule has 30 heavy (non-hydrogen) atoms. The molecule has 0 aliphatic rings. The van der Waals surface area contributed by atoms with E-state index in [1.807, 2.05) is 30.3 Å². The van der Waals surface area contributed by atoms with E-state index >= 15 is 0 Å². The van der Waals surface area contributed by atoms with Crippen molar-refractivity contribution in [3.05, 3.63) is 60.2 Å². The largest absolute Gasteiger partial charge is 0.330 e. The first-order chi connectivity index (χ1) is 14.5. The Bertz CT molecular complexity index is 1190. The summed E-state index contributed by atoms with van der Waals surface area (Å²) in [5, 5.41) is 14.7. The third-order valence-corrected chi connectivity index (χ3v) is 5.04. The zero-order valence-electron chi connectivity index (χ0n) is 15.5. The molecule has 4 rings (SSSR count). The van der Waals surface area contributed by atoms with Gasteiger partial charge in [-0.2, -0.15) is 4.98 Å². The van der Waals surface area contributed by atoms with Gasteiger partial charge in [0.2, 0.25) is 17.6 Å². The van der Waals surface area contributed by atoms with Crippen molar-refractivity contribution in [3.8, 4) is 23.1 Å². The summed E-state index contributed by atoms with van der Waals surface area (Å²) < 4.78 is 33.7. The molecule has 0 aliphatic carbocycles. The van der Waals surface area contributed by atoms with E-state index in [2.05, 4.69) is 25.7 Å². The monoisotopic (exact) mass is 428 g/mol. The average Bonchev–Trinajstić information content (AvgIpc) is 3.37. The quantitative estimate of drug-likeness (QED) is 0.469. The van der Waals surface area contributed by atoms with Crippen LogP contribution in [-0.2, 0) is 11.8 Å². The predicted molar refractivity (Wildman–Crippen MR) is 105 cm³/mol. The molecule has 0 aliphatic heterocycles. The zero-order chi connectivity index (χ0) is 21.1. The molecule has 0 radical (unpaired) electrons. The van der Waals surface area contributed by atoms with Gasteiger partial charge in [0.05, 0.1) is 11.4 Å². The van der Waals surface area contributed by atoms with Crippen LogP contribution < -0.4 is 5.32 Å². The highest BCUT2D eigenvalue weighted by Gasteiger charge is 2.19. The topological polar surface area (TPSA) is 98.7 Å². The Kier molecular flexibility index (Phi) is 5.53. The summed E-state index contributed by atoms with van der Waals surface area (Å²) in [7, 11) is 1.69. The Hall–Kier alpha value is -3.60. The lowest BCUT2D eigenvalue weighted by molar-refractivity contribution is -0.113. The predicted octanol–water partition coefficient (Wildman–Crippen LogP) is 3.54. The maximum absolute atomic E-state index is 13.6. The molecule has 0 unspecified atom stereocenters. The van der Waals surface area contributed by atoms with Crippen molar-refractivity contribution in [2.24, 2.45) is 7.05 Å². The summed E-state index contributed by atoms with van der Waals surface area (Å²) in [6.45, 7) is 0. The maximum Gasteiger partial charge on any atom is 0.296 e. The Morgan fingerprint density at radius 2 is 1.97 bits per heavy atom. The van der Waals surface area contributed by atoms with Crippen molar-refractivity contribution in [1.82, 2.24) is 24.9 Å². The highest BCUT2D eigenvalue weighted by atomic mass is 32.2. The van der Waals surface area contributed by atoms with Crippen molar-refractivity contribution in [1.29, 1.82) is 0 Å². The lowest BCUT2D eigenvalue weighted by Crippen LogP contribution is -2.15. The molecule has 8 nitrogen and oxygen atoms in total. The molecule has 1 N–H and O–H groups in total. The number of amides is 1.